The molecule has 2 N–H and O–H groups in total. The topological polar surface area (TPSA) is 69.6 Å². The van der Waals surface area contributed by atoms with Crippen molar-refractivity contribution in [2.45, 2.75) is 64.5 Å². The van der Waals surface area contributed by atoms with E-state index in [-0.39, 0.29) is 12.1 Å². The van der Waals surface area contributed by atoms with Gasteiger partial charge in [0.1, 0.15) is 6.04 Å². The summed E-state index contributed by atoms with van der Waals surface area (Å²) in [6.45, 7) is 3.92. The van der Waals surface area contributed by atoms with Gasteiger partial charge in [-0.05, 0) is 25.2 Å². The van der Waals surface area contributed by atoms with Gasteiger partial charge in [0.05, 0.1) is 0 Å². The van der Waals surface area contributed by atoms with E-state index in [4.69, 9.17) is 5.11 Å². The summed E-state index contributed by atoms with van der Waals surface area (Å²) in [7, 11) is 1.56. The molecule has 0 aromatic heterocycles. The number of likely N-dealkylation sites (N-methyl/N-ethyl adjacent to an activating group) is 1. The molecule has 0 aromatic carbocycles. The molecule has 1 aliphatic rings. The van der Waals surface area contributed by atoms with Gasteiger partial charge in [-0.25, -0.2) is 9.59 Å². The van der Waals surface area contributed by atoms with Crippen LogP contribution in [-0.4, -0.2) is 41.1 Å². The van der Waals surface area contributed by atoms with Crippen molar-refractivity contribution in [3.63, 3.8) is 0 Å². The minimum absolute atomic E-state index is 0.194. The SMILES string of the molecule is CCC1CCCCC1NC(=O)N(C)C(CC)C(=O)O. The quantitative estimate of drug-likeness (QED) is 0.806. The predicted molar refractivity (Wildman–Crippen MR) is 74.0 cm³/mol. The third kappa shape index (κ3) is 4.11. The molecule has 0 aliphatic heterocycles. The van der Waals surface area contributed by atoms with Crippen LogP contribution in [0.3, 0.4) is 0 Å². The minimum atomic E-state index is -0.948. The number of carbonyl (C=O) groups excluding carboxylic acids is 1. The van der Waals surface area contributed by atoms with Crippen LogP contribution in [0.25, 0.3) is 0 Å². The maximum absolute atomic E-state index is 12.1. The van der Waals surface area contributed by atoms with E-state index in [2.05, 4.69) is 12.2 Å². The number of nitrogens with one attached hydrogen (secondary N) is 1. The number of aliphatic carboxylic acids is 1. The first-order chi connectivity index (χ1) is 9.01. The van der Waals surface area contributed by atoms with Gasteiger partial charge in [0.15, 0.2) is 0 Å². The number of nitrogens with zero attached hydrogens (tertiary/aromatic N) is 1. The standard InChI is InChI=1S/C14H26N2O3/c1-4-10-8-6-7-9-11(10)15-14(19)16(3)12(5-2)13(17)18/h10-12H,4-9H2,1-3H3,(H,15,19)(H,17,18). The van der Waals surface area contributed by atoms with Crippen LogP contribution in [0, 0.1) is 5.92 Å². The van der Waals surface area contributed by atoms with Crippen molar-refractivity contribution in [1.29, 1.82) is 0 Å². The summed E-state index contributed by atoms with van der Waals surface area (Å²) < 4.78 is 0. The molecule has 0 saturated heterocycles. The van der Waals surface area contributed by atoms with Crippen molar-refractivity contribution in [3.8, 4) is 0 Å². The second kappa shape index (κ2) is 7.36. The number of hydrogen-bond acceptors (Lipinski definition) is 2. The molecular formula is C14H26N2O3. The van der Waals surface area contributed by atoms with E-state index in [1.165, 1.54) is 11.3 Å². The van der Waals surface area contributed by atoms with Crippen LogP contribution in [0.4, 0.5) is 4.79 Å². The molecule has 5 heteroatoms. The maximum Gasteiger partial charge on any atom is 0.326 e. The summed E-state index contributed by atoms with van der Waals surface area (Å²) in [6, 6.07) is -0.816. The zero-order valence-electron chi connectivity index (χ0n) is 12.2. The molecular weight excluding hydrogens is 244 g/mol. The highest BCUT2D eigenvalue weighted by Crippen LogP contribution is 2.26. The van der Waals surface area contributed by atoms with Crippen LogP contribution < -0.4 is 5.32 Å². The number of carboxylic acid groups (broad SMARTS) is 1. The Balaban J connectivity index is 2.59. The van der Waals surface area contributed by atoms with Crippen LogP contribution >= 0.6 is 0 Å². The van der Waals surface area contributed by atoms with Crippen LogP contribution in [-0.2, 0) is 4.79 Å². The van der Waals surface area contributed by atoms with Crippen molar-refractivity contribution in [1.82, 2.24) is 10.2 Å². The number of urea groups is 1. The molecule has 0 aromatic rings. The van der Waals surface area contributed by atoms with E-state index in [0.29, 0.717) is 12.3 Å². The van der Waals surface area contributed by atoms with Crippen molar-refractivity contribution >= 4 is 12.0 Å². The Morgan fingerprint density at radius 3 is 2.47 bits per heavy atom. The Bertz CT molecular complexity index is 320. The fourth-order valence-corrected chi connectivity index (χ4v) is 2.90. The number of carboxylic acids is 1. The average molecular weight is 270 g/mol. The summed E-state index contributed by atoms with van der Waals surface area (Å²) in [6.07, 6.45) is 6.00. The summed E-state index contributed by atoms with van der Waals surface area (Å²) in [5.74, 6) is -0.424. The first-order valence-corrected chi connectivity index (χ1v) is 7.27. The zero-order chi connectivity index (χ0) is 14.4. The van der Waals surface area contributed by atoms with E-state index >= 15 is 0 Å². The van der Waals surface area contributed by atoms with Crippen LogP contribution in [0.15, 0.2) is 0 Å². The molecule has 1 fully saturated rings. The molecule has 0 radical (unpaired) electrons. The first kappa shape index (κ1) is 15.8. The first-order valence-electron chi connectivity index (χ1n) is 7.27. The molecule has 1 aliphatic carbocycles. The third-order valence-electron chi connectivity index (χ3n) is 4.20. The minimum Gasteiger partial charge on any atom is -0.480 e. The van der Waals surface area contributed by atoms with Gasteiger partial charge in [-0.15, -0.1) is 0 Å². The van der Waals surface area contributed by atoms with Gasteiger partial charge in [0.2, 0.25) is 0 Å². The lowest BCUT2D eigenvalue weighted by atomic mass is 9.83. The maximum atomic E-state index is 12.1. The lowest BCUT2D eigenvalue weighted by Gasteiger charge is -2.34. The fraction of sp³-hybridized carbons (Fsp3) is 0.857. The smallest absolute Gasteiger partial charge is 0.326 e. The Hall–Kier alpha value is -1.26. The molecule has 0 bridgehead atoms. The van der Waals surface area contributed by atoms with E-state index in [0.717, 1.165) is 25.7 Å². The van der Waals surface area contributed by atoms with Crippen molar-refractivity contribution in [3.05, 3.63) is 0 Å². The van der Waals surface area contributed by atoms with Crippen LogP contribution in [0.2, 0.25) is 0 Å². The van der Waals surface area contributed by atoms with Gasteiger partial charge in [-0.1, -0.05) is 33.1 Å². The Morgan fingerprint density at radius 2 is 1.95 bits per heavy atom. The summed E-state index contributed by atoms with van der Waals surface area (Å²) in [4.78, 5) is 24.5. The second-order valence-corrected chi connectivity index (χ2v) is 5.38. The molecule has 3 unspecified atom stereocenters. The lowest BCUT2D eigenvalue weighted by Crippen LogP contribution is -2.51. The molecule has 2 amide bonds. The van der Waals surface area contributed by atoms with Crippen molar-refractivity contribution < 1.29 is 14.7 Å². The second-order valence-electron chi connectivity index (χ2n) is 5.38. The monoisotopic (exact) mass is 270 g/mol. The molecule has 1 saturated carbocycles. The molecule has 1 rings (SSSR count). The Labute approximate surface area is 115 Å². The summed E-state index contributed by atoms with van der Waals surface area (Å²) in [5.41, 5.74) is 0. The molecule has 5 nitrogen and oxygen atoms in total. The average Bonchev–Trinajstić information content (AvgIpc) is 2.39. The largest absolute Gasteiger partial charge is 0.480 e. The van der Waals surface area contributed by atoms with E-state index < -0.39 is 12.0 Å². The van der Waals surface area contributed by atoms with Crippen molar-refractivity contribution in [2.75, 3.05) is 7.05 Å². The molecule has 19 heavy (non-hydrogen) atoms. The van der Waals surface area contributed by atoms with Gasteiger partial charge >= 0.3 is 12.0 Å². The molecule has 110 valence electrons. The summed E-state index contributed by atoms with van der Waals surface area (Å²) in [5, 5.41) is 12.1. The van der Waals surface area contributed by atoms with Gasteiger partial charge in [-0.2, -0.15) is 0 Å². The van der Waals surface area contributed by atoms with E-state index in [9.17, 15) is 9.59 Å². The van der Waals surface area contributed by atoms with E-state index in [1.54, 1.807) is 14.0 Å². The van der Waals surface area contributed by atoms with E-state index in [1.807, 2.05) is 0 Å². The van der Waals surface area contributed by atoms with Gasteiger partial charge in [0, 0.05) is 13.1 Å². The highest BCUT2D eigenvalue weighted by molar-refractivity contribution is 5.82. The zero-order valence-corrected chi connectivity index (χ0v) is 12.2. The van der Waals surface area contributed by atoms with Gasteiger partial charge in [0.25, 0.3) is 0 Å². The fourth-order valence-electron chi connectivity index (χ4n) is 2.90. The predicted octanol–water partition coefficient (Wildman–Crippen LogP) is 2.46. The summed E-state index contributed by atoms with van der Waals surface area (Å²) >= 11 is 0. The van der Waals surface area contributed by atoms with Gasteiger partial charge < -0.3 is 15.3 Å². The molecule has 3 atom stereocenters. The molecule has 0 spiro atoms. The Kier molecular flexibility index (Phi) is 6.12. The highest BCUT2D eigenvalue weighted by atomic mass is 16.4. The van der Waals surface area contributed by atoms with Crippen LogP contribution in [0.5, 0.6) is 0 Å². The number of rotatable bonds is 5. The normalized spacial score (nSPS) is 24.6. The molecule has 0 heterocycles. The Morgan fingerprint density at radius 1 is 1.32 bits per heavy atom. The van der Waals surface area contributed by atoms with Crippen LogP contribution in [0.1, 0.15) is 52.4 Å². The third-order valence-corrected chi connectivity index (χ3v) is 4.20. The lowest BCUT2D eigenvalue weighted by molar-refractivity contribution is -0.141. The number of amides is 2. The van der Waals surface area contributed by atoms with Crippen molar-refractivity contribution in [2.24, 2.45) is 5.92 Å². The van der Waals surface area contributed by atoms with Gasteiger partial charge in [-0.3, -0.25) is 0 Å². The highest BCUT2D eigenvalue weighted by Gasteiger charge is 2.29. The number of hydrogen-bond donors (Lipinski definition) is 2. The number of carbonyl (C=O) groups is 2.